The van der Waals surface area contributed by atoms with E-state index in [1.54, 1.807) is 0 Å². The number of likely N-dealkylation sites (tertiary alicyclic amines) is 1. The van der Waals surface area contributed by atoms with E-state index in [0.29, 0.717) is 24.5 Å². The predicted molar refractivity (Wildman–Crippen MR) is 60.5 cm³/mol. The van der Waals surface area contributed by atoms with Crippen LogP contribution in [-0.2, 0) is 13.1 Å². The molecule has 5 nitrogen and oxygen atoms in total. The highest BCUT2D eigenvalue weighted by atomic mass is 16.5. The van der Waals surface area contributed by atoms with Crippen molar-refractivity contribution >= 4 is 0 Å². The van der Waals surface area contributed by atoms with Crippen LogP contribution >= 0.6 is 0 Å². The van der Waals surface area contributed by atoms with Crippen LogP contribution in [0.5, 0.6) is 0 Å². The molecule has 5 heteroatoms. The van der Waals surface area contributed by atoms with Crippen molar-refractivity contribution in [2.75, 3.05) is 0 Å². The molecule has 0 aliphatic carbocycles. The Balaban J connectivity index is 2.01. The zero-order valence-electron chi connectivity index (χ0n) is 10.0. The molecule has 0 unspecified atom stereocenters. The standard InChI is InChI=1S/C11H20N4O/c1-8-4-3-5-9(2)15(8)7-10-13-11(6-12)16-14-10/h8-9H,3-7,12H2,1-2H3/t8-,9+. The molecule has 16 heavy (non-hydrogen) atoms. The predicted octanol–water partition coefficient (Wildman–Crippen LogP) is 1.29. The molecule has 0 amide bonds. The molecule has 0 saturated carbocycles. The van der Waals surface area contributed by atoms with Gasteiger partial charge < -0.3 is 10.3 Å². The van der Waals surface area contributed by atoms with Gasteiger partial charge in [-0.05, 0) is 26.7 Å². The van der Waals surface area contributed by atoms with Gasteiger partial charge in [-0.1, -0.05) is 11.6 Å². The van der Waals surface area contributed by atoms with E-state index in [4.69, 9.17) is 10.3 Å². The van der Waals surface area contributed by atoms with Gasteiger partial charge in [0.1, 0.15) is 0 Å². The van der Waals surface area contributed by atoms with Crippen LogP contribution in [0.3, 0.4) is 0 Å². The van der Waals surface area contributed by atoms with Gasteiger partial charge in [0.2, 0.25) is 5.89 Å². The molecule has 1 aromatic rings. The van der Waals surface area contributed by atoms with Crippen molar-refractivity contribution in [2.24, 2.45) is 5.73 Å². The molecule has 0 bridgehead atoms. The van der Waals surface area contributed by atoms with Crippen molar-refractivity contribution in [1.29, 1.82) is 0 Å². The second kappa shape index (κ2) is 4.93. The Morgan fingerprint density at radius 3 is 2.62 bits per heavy atom. The molecule has 1 aliphatic heterocycles. The molecule has 1 fully saturated rings. The van der Waals surface area contributed by atoms with Gasteiger partial charge in [-0.3, -0.25) is 4.90 Å². The Hall–Kier alpha value is -0.940. The first kappa shape index (κ1) is 11.5. The van der Waals surface area contributed by atoms with Gasteiger partial charge in [-0.25, -0.2) is 0 Å². The SMILES string of the molecule is C[C@@H]1CCC[C@H](C)N1Cc1noc(CN)n1. The van der Waals surface area contributed by atoms with E-state index in [9.17, 15) is 0 Å². The van der Waals surface area contributed by atoms with Crippen LogP contribution in [0.1, 0.15) is 44.8 Å². The van der Waals surface area contributed by atoms with E-state index >= 15 is 0 Å². The molecule has 0 radical (unpaired) electrons. The van der Waals surface area contributed by atoms with Crippen molar-refractivity contribution in [3.63, 3.8) is 0 Å². The fraction of sp³-hybridized carbons (Fsp3) is 0.818. The van der Waals surface area contributed by atoms with Gasteiger partial charge in [-0.15, -0.1) is 0 Å². The third-order valence-electron chi connectivity index (χ3n) is 3.38. The fourth-order valence-electron chi connectivity index (χ4n) is 2.39. The number of piperidine rings is 1. The summed E-state index contributed by atoms with van der Waals surface area (Å²) in [5.41, 5.74) is 5.44. The van der Waals surface area contributed by atoms with Crippen molar-refractivity contribution < 1.29 is 4.52 Å². The monoisotopic (exact) mass is 224 g/mol. The lowest BCUT2D eigenvalue weighted by Crippen LogP contribution is -2.43. The Kier molecular flexibility index (Phi) is 3.56. The van der Waals surface area contributed by atoms with E-state index in [-0.39, 0.29) is 0 Å². The van der Waals surface area contributed by atoms with Crippen LogP contribution in [0, 0.1) is 0 Å². The van der Waals surface area contributed by atoms with Gasteiger partial charge >= 0.3 is 0 Å². The molecule has 2 heterocycles. The van der Waals surface area contributed by atoms with Gasteiger partial charge in [0.05, 0.1) is 13.1 Å². The molecule has 1 aromatic heterocycles. The Bertz CT molecular complexity index is 328. The number of hydrogen-bond donors (Lipinski definition) is 1. The Morgan fingerprint density at radius 2 is 2.06 bits per heavy atom. The van der Waals surface area contributed by atoms with Crippen LogP contribution in [0.15, 0.2) is 4.52 Å². The van der Waals surface area contributed by atoms with Crippen LogP contribution < -0.4 is 5.73 Å². The van der Waals surface area contributed by atoms with Gasteiger partial charge in [-0.2, -0.15) is 4.98 Å². The normalized spacial score (nSPS) is 27.2. The lowest BCUT2D eigenvalue weighted by molar-refractivity contribution is 0.0913. The fourth-order valence-corrected chi connectivity index (χ4v) is 2.39. The first-order chi connectivity index (χ1) is 7.70. The van der Waals surface area contributed by atoms with E-state index in [1.807, 2.05) is 0 Å². The van der Waals surface area contributed by atoms with Gasteiger partial charge in [0.25, 0.3) is 0 Å². The zero-order chi connectivity index (χ0) is 11.5. The number of rotatable bonds is 3. The number of hydrogen-bond acceptors (Lipinski definition) is 5. The van der Waals surface area contributed by atoms with E-state index in [0.717, 1.165) is 12.4 Å². The minimum Gasteiger partial charge on any atom is -0.338 e. The average molecular weight is 224 g/mol. The van der Waals surface area contributed by atoms with Crippen molar-refractivity contribution in [2.45, 2.75) is 58.3 Å². The minimum atomic E-state index is 0.318. The smallest absolute Gasteiger partial charge is 0.240 e. The molecule has 90 valence electrons. The average Bonchev–Trinajstić information content (AvgIpc) is 2.71. The molecule has 2 N–H and O–H groups in total. The maximum absolute atomic E-state index is 5.44. The third kappa shape index (κ3) is 2.41. The summed E-state index contributed by atoms with van der Waals surface area (Å²) in [7, 11) is 0. The topological polar surface area (TPSA) is 68.2 Å². The second-order valence-corrected chi connectivity index (χ2v) is 4.61. The highest BCUT2D eigenvalue weighted by molar-refractivity contribution is 4.89. The number of nitrogens with two attached hydrogens (primary N) is 1. The summed E-state index contributed by atoms with van der Waals surface area (Å²) in [6.07, 6.45) is 3.83. The summed E-state index contributed by atoms with van der Waals surface area (Å²) >= 11 is 0. The van der Waals surface area contributed by atoms with E-state index in [1.165, 1.54) is 19.3 Å². The lowest BCUT2D eigenvalue weighted by Gasteiger charge is -2.38. The van der Waals surface area contributed by atoms with Crippen LogP contribution in [0.25, 0.3) is 0 Å². The maximum atomic E-state index is 5.44. The Labute approximate surface area is 96.0 Å². The third-order valence-corrected chi connectivity index (χ3v) is 3.38. The highest BCUT2D eigenvalue weighted by Crippen LogP contribution is 2.23. The number of aromatic nitrogens is 2. The molecule has 2 atom stereocenters. The molecular formula is C11H20N4O. The summed E-state index contributed by atoms with van der Waals surface area (Å²) in [6.45, 7) is 5.61. The lowest BCUT2D eigenvalue weighted by atomic mass is 9.98. The van der Waals surface area contributed by atoms with Crippen molar-refractivity contribution in [3.05, 3.63) is 11.7 Å². The summed E-state index contributed by atoms with van der Waals surface area (Å²) in [6, 6.07) is 1.20. The molecule has 0 spiro atoms. The van der Waals surface area contributed by atoms with Crippen LogP contribution in [0.4, 0.5) is 0 Å². The zero-order valence-corrected chi connectivity index (χ0v) is 10.0. The van der Waals surface area contributed by atoms with Crippen molar-refractivity contribution in [1.82, 2.24) is 15.0 Å². The van der Waals surface area contributed by atoms with Crippen LogP contribution in [-0.4, -0.2) is 27.1 Å². The maximum Gasteiger partial charge on any atom is 0.240 e. The largest absolute Gasteiger partial charge is 0.338 e. The first-order valence-electron chi connectivity index (χ1n) is 5.98. The minimum absolute atomic E-state index is 0.318. The molecule has 0 aromatic carbocycles. The summed E-state index contributed by atoms with van der Waals surface area (Å²) in [4.78, 5) is 6.69. The Morgan fingerprint density at radius 1 is 1.38 bits per heavy atom. The van der Waals surface area contributed by atoms with Gasteiger partial charge in [0.15, 0.2) is 5.82 Å². The molecule has 1 aliphatic rings. The summed E-state index contributed by atoms with van der Waals surface area (Å²) < 4.78 is 5.01. The molecular weight excluding hydrogens is 204 g/mol. The van der Waals surface area contributed by atoms with Crippen LogP contribution in [0.2, 0.25) is 0 Å². The molecule has 1 saturated heterocycles. The number of nitrogens with zero attached hydrogens (tertiary/aromatic N) is 3. The first-order valence-corrected chi connectivity index (χ1v) is 5.98. The quantitative estimate of drug-likeness (QED) is 0.838. The summed E-state index contributed by atoms with van der Waals surface area (Å²) in [5.74, 6) is 1.27. The highest BCUT2D eigenvalue weighted by Gasteiger charge is 2.25. The van der Waals surface area contributed by atoms with E-state index in [2.05, 4.69) is 28.9 Å². The van der Waals surface area contributed by atoms with Gasteiger partial charge in [0, 0.05) is 12.1 Å². The van der Waals surface area contributed by atoms with E-state index < -0.39 is 0 Å². The second-order valence-electron chi connectivity index (χ2n) is 4.61. The van der Waals surface area contributed by atoms with Crippen molar-refractivity contribution in [3.8, 4) is 0 Å². The molecule has 2 rings (SSSR count). The summed E-state index contributed by atoms with van der Waals surface area (Å²) in [5, 5.41) is 3.94.